The van der Waals surface area contributed by atoms with Crippen molar-refractivity contribution in [2.45, 2.75) is 50.1 Å². The second kappa shape index (κ2) is 14.0. The number of ether oxygens (including phenoxy) is 1. The summed E-state index contributed by atoms with van der Waals surface area (Å²) in [6.45, 7) is 5.18. The van der Waals surface area contributed by atoms with Crippen molar-refractivity contribution in [2.24, 2.45) is 5.92 Å². The van der Waals surface area contributed by atoms with Crippen LogP contribution in [-0.2, 0) is 5.54 Å². The second-order valence-corrected chi connectivity index (χ2v) is 12.0. The Kier molecular flexibility index (Phi) is 9.54. The van der Waals surface area contributed by atoms with Gasteiger partial charge in [0, 0.05) is 30.9 Å². The molecular weight excluding hydrogens is 514 g/mol. The second-order valence-electron chi connectivity index (χ2n) is 12.0. The summed E-state index contributed by atoms with van der Waals surface area (Å²) in [5, 5.41) is 8.00. The highest BCUT2D eigenvalue weighted by atomic mass is 16.5. The van der Waals surface area contributed by atoms with Gasteiger partial charge in [0.1, 0.15) is 12.4 Å². The van der Waals surface area contributed by atoms with Crippen molar-refractivity contribution in [3.63, 3.8) is 0 Å². The van der Waals surface area contributed by atoms with Gasteiger partial charge in [-0.2, -0.15) is 0 Å². The maximum atomic E-state index is 6.11. The SMILES string of the molecule is c1ccc(C(NC2CCCC(CNc3cccc(OCCN4CCCC4)c3)C2)(c2ccccc2)c2ccccc2)cc1. The molecule has 42 heavy (non-hydrogen) atoms. The number of hydrogen-bond acceptors (Lipinski definition) is 4. The van der Waals surface area contributed by atoms with Gasteiger partial charge in [-0.1, -0.05) is 103 Å². The van der Waals surface area contributed by atoms with E-state index in [4.69, 9.17) is 4.74 Å². The first-order chi connectivity index (χ1) is 20.8. The summed E-state index contributed by atoms with van der Waals surface area (Å²) in [5.74, 6) is 1.57. The van der Waals surface area contributed by atoms with Gasteiger partial charge in [-0.05, 0) is 79.9 Å². The smallest absolute Gasteiger partial charge is 0.121 e. The van der Waals surface area contributed by atoms with Crippen LogP contribution in [0.3, 0.4) is 0 Å². The molecule has 4 heteroatoms. The fourth-order valence-corrected chi connectivity index (χ4v) is 6.98. The minimum absolute atomic E-state index is 0.409. The number of likely N-dealkylation sites (tertiary alicyclic amines) is 1. The molecule has 2 aliphatic rings. The summed E-state index contributed by atoms with van der Waals surface area (Å²) in [7, 11) is 0. The van der Waals surface area contributed by atoms with E-state index in [-0.39, 0.29) is 0 Å². The van der Waals surface area contributed by atoms with Crippen LogP contribution in [0.15, 0.2) is 115 Å². The van der Waals surface area contributed by atoms with Crippen LogP contribution < -0.4 is 15.4 Å². The Bertz CT molecular complexity index is 1260. The molecule has 218 valence electrons. The Hall–Kier alpha value is -3.60. The van der Waals surface area contributed by atoms with Gasteiger partial charge in [0.2, 0.25) is 0 Å². The molecule has 0 radical (unpaired) electrons. The fraction of sp³-hybridized carbons (Fsp3) is 0.368. The zero-order valence-corrected chi connectivity index (χ0v) is 24.8. The quantitative estimate of drug-likeness (QED) is 0.174. The minimum Gasteiger partial charge on any atom is -0.492 e. The van der Waals surface area contributed by atoms with Crippen LogP contribution in [0.25, 0.3) is 0 Å². The first kappa shape index (κ1) is 28.5. The molecule has 1 heterocycles. The number of nitrogens with one attached hydrogen (secondary N) is 2. The molecule has 2 atom stereocenters. The molecule has 6 rings (SSSR count). The van der Waals surface area contributed by atoms with Crippen LogP contribution >= 0.6 is 0 Å². The van der Waals surface area contributed by atoms with Gasteiger partial charge in [-0.3, -0.25) is 10.2 Å². The Morgan fingerprint density at radius 1 is 0.690 bits per heavy atom. The van der Waals surface area contributed by atoms with E-state index in [2.05, 4.69) is 131 Å². The molecule has 1 saturated carbocycles. The molecule has 0 bridgehead atoms. The highest BCUT2D eigenvalue weighted by Crippen LogP contribution is 2.39. The van der Waals surface area contributed by atoms with Gasteiger partial charge in [0.05, 0.1) is 5.54 Å². The predicted octanol–water partition coefficient (Wildman–Crippen LogP) is 7.71. The summed E-state index contributed by atoms with van der Waals surface area (Å²) in [5.41, 5.74) is 4.58. The lowest BCUT2D eigenvalue weighted by atomic mass is 9.75. The number of anilines is 1. The van der Waals surface area contributed by atoms with Crippen molar-refractivity contribution in [3.8, 4) is 5.75 Å². The highest BCUT2D eigenvalue weighted by Gasteiger charge is 2.39. The van der Waals surface area contributed by atoms with Gasteiger partial charge in [-0.15, -0.1) is 0 Å². The molecule has 4 nitrogen and oxygen atoms in total. The Labute approximate surface area is 252 Å². The van der Waals surface area contributed by atoms with Crippen LogP contribution in [0.4, 0.5) is 5.69 Å². The van der Waals surface area contributed by atoms with E-state index >= 15 is 0 Å². The van der Waals surface area contributed by atoms with Crippen molar-refractivity contribution < 1.29 is 4.74 Å². The average molecular weight is 560 g/mol. The molecule has 0 spiro atoms. The van der Waals surface area contributed by atoms with Crippen LogP contribution in [0.2, 0.25) is 0 Å². The molecule has 1 aliphatic heterocycles. The van der Waals surface area contributed by atoms with Crippen LogP contribution in [-0.4, -0.2) is 43.7 Å². The minimum atomic E-state index is -0.412. The van der Waals surface area contributed by atoms with Crippen LogP contribution in [0, 0.1) is 5.92 Å². The van der Waals surface area contributed by atoms with E-state index < -0.39 is 5.54 Å². The largest absolute Gasteiger partial charge is 0.492 e. The molecule has 2 fully saturated rings. The molecule has 1 aliphatic carbocycles. The van der Waals surface area contributed by atoms with Crippen LogP contribution in [0.5, 0.6) is 5.75 Å². The normalized spacial score (nSPS) is 19.4. The van der Waals surface area contributed by atoms with Crippen molar-refractivity contribution in [1.82, 2.24) is 10.2 Å². The lowest BCUT2D eigenvalue weighted by Gasteiger charge is -2.42. The zero-order chi connectivity index (χ0) is 28.5. The zero-order valence-electron chi connectivity index (χ0n) is 24.8. The van der Waals surface area contributed by atoms with E-state index in [9.17, 15) is 0 Å². The van der Waals surface area contributed by atoms with Crippen molar-refractivity contribution in [1.29, 1.82) is 0 Å². The first-order valence-electron chi connectivity index (χ1n) is 15.9. The van der Waals surface area contributed by atoms with Gasteiger partial charge >= 0.3 is 0 Å². The Morgan fingerprint density at radius 3 is 1.93 bits per heavy atom. The fourth-order valence-electron chi connectivity index (χ4n) is 6.98. The molecule has 0 aromatic heterocycles. The molecule has 4 aromatic carbocycles. The van der Waals surface area contributed by atoms with Gasteiger partial charge < -0.3 is 10.1 Å². The maximum absolute atomic E-state index is 6.11. The molecular formula is C38H45N3O. The third kappa shape index (κ3) is 6.88. The van der Waals surface area contributed by atoms with Crippen molar-refractivity contribution in [3.05, 3.63) is 132 Å². The monoisotopic (exact) mass is 559 g/mol. The number of nitrogens with zero attached hydrogens (tertiary/aromatic N) is 1. The Balaban J connectivity index is 1.15. The first-order valence-corrected chi connectivity index (χ1v) is 15.9. The summed E-state index contributed by atoms with van der Waals surface area (Å²) in [4.78, 5) is 2.50. The van der Waals surface area contributed by atoms with E-state index in [1.807, 2.05) is 0 Å². The summed E-state index contributed by atoms with van der Waals surface area (Å²) >= 11 is 0. The van der Waals surface area contributed by atoms with Crippen LogP contribution in [0.1, 0.15) is 55.2 Å². The predicted molar refractivity (Wildman–Crippen MR) is 174 cm³/mol. The molecule has 2 unspecified atom stereocenters. The maximum Gasteiger partial charge on any atom is 0.121 e. The van der Waals surface area contributed by atoms with Gasteiger partial charge in [0.25, 0.3) is 0 Å². The van der Waals surface area contributed by atoms with E-state index in [1.165, 1.54) is 61.9 Å². The third-order valence-corrected chi connectivity index (χ3v) is 9.13. The molecule has 2 N–H and O–H groups in total. The number of hydrogen-bond donors (Lipinski definition) is 2. The topological polar surface area (TPSA) is 36.5 Å². The Morgan fingerprint density at radius 2 is 1.31 bits per heavy atom. The van der Waals surface area contributed by atoms with Gasteiger partial charge in [0.15, 0.2) is 0 Å². The van der Waals surface area contributed by atoms with Crippen molar-refractivity contribution >= 4 is 5.69 Å². The van der Waals surface area contributed by atoms with E-state index in [0.29, 0.717) is 12.0 Å². The number of benzene rings is 4. The standard InChI is InChI=1S/C38H45N3O/c1-4-15-32(16-5-1)38(33-17-6-2-7-18-33,34-19-8-3-9-20-34)40-36-22-12-14-31(28-36)30-39-35-21-13-23-37(29-35)42-27-26-41-24-10-11-25-41/h1-9,13,15-21,23,29,31,36,39-40H,10-12,14,22,24-28,30H2. The van der Waals surface area contributed by atoms with Crippen molar-refractivity contribution in [2.75, 3.05) is 38.1 Å². The van der Waals surface area contributed by atoms with E-state index in [1.54, 1.807) is 0 Å². The lowest BCUT2D eigenvalue weighted by molar-refractivity contribution is 0.238. The summed E-state index contributed by atoms with van der Waals surface area (Å²) in [6.07, 6.45) is 7.47. The highest BCUT2D eigenvalue weighted by molar-refractivity contribution is 5.50. The van der Waals surface area contributed by atoms with E-state index in [0.717, 1.165) is 37.6 Å². The average Bonchev–Trinajstić information content (AvgIpc) is 3.58. The summed E-state index contributed by atoms with van der Waals surface area (Å²) < 4.78 is 6.11. The third-order valence-electron chi connectivity index (χ3n) is 9.13. The van der Waals surface area contributed by atoms with Gasteiger partial charge in [-0.25, -0.2) is 0 Å². The summed E-state index contributed by atoms with van der Waals surface area (Å²) in [6, 6.07) is 41.9. The molecule has 0 amide bonds. The molecule has 4 aromatic rings. The lowest BCUT2D eigenvalue weighted by Crippen LogP contribution is -2.51. The molecule has 1 saturated heterocycles. The number of rotatable bonds is 12.